The third-order valence-corrected chi connectivity index (χ3v) is 2.22. The maximum Gasteiger partial charge on any atom is 0.272 e. The predicted molar refractivity (Wildman–Crippen MR) is 62.1 cm³/mol. The Morgan fingerprint density at radius 2 is 2.38 bits per heavy atom. The number of aryl methyl sites for hydroxylation is 1. The van der Waals surface area contributed by atoms with Gasteiger partial charge in [0.25, 0.3) is 5.91 Å². The quantitative estimate of drug-likeness (QED) is 0.712. The van der Waals surface area contributed by atoms with Gasteiger partial charge in [-0.25, -0.2) is 0 Å². The van der Waals surface area contributed by atoms with Gasteiger partial charge in [0.1, 0.15) is 5.69 Å². The van der Waals surface area contributed by atoms with E-state index in [4.69, 9.17) is 5.73 Å². The molecule has 2 aromatic rings. The van der Waals surface area contributed by atoms with Crippen molar-refractivity contribution in [3.8, 4) is 0 Å². The van der Waals surface area contributed by atoms with Crippen LogP contribution in [0.5, 0.6) is 0 Å². The molecule has 2 rings (SSSR count). The first kappa shape index (κ1) is 10.2. The summed E-state index contributed by atoms with van der Waals surface area (Å²) in [7, 11) is 0. The molecule has 0 unspecified atom stereocenters. The molecule has 0 aliphatic carbocycles. The number of H-pyrrole nitrogens is 1. The van der Waals surface area contributed by atoms with Crippen molar-refractivity contribution in [1.29, 1.82) is 0 Å². The Balaban J connectivity index is 2.17. The maximum absolute atomic E-state index is 11.8. The lowest BCUT2D eigenvalue weighted by Gasteiger charge is -2.05. The molecule has 0 aliphatic rings. The summed E-state index contributed by atoms with van der Waals surface area (Å²) in [4.78, 5) is 18.5. The van der Waals surface area contributed by atoms with Crippen LogP contribution in [0.15, 0.2) is 30.7 Å². The standard InChI is InChI=1S/C11H12N4O/c1-7-5-13-3-2-9(7)15-11(16)10-4-8(12)6-14-10/h2-6,14H,12H2,1H3,(H,13,15,16). The van der Waals surface area contributed by atoms with Gasteiger partial charge in [0.2, 0.25) is 0 Å². The van der Waals surface area contributed by atoms with Crippen LogP contribution in [0.1, 0.15) is 16.1 Å². The number of hydrogen-bond acceptors (Lipinski definition) is 3. The van der Waals surface area contributed by atoms with Gasteiger partial charge in [-0.1, -0.05) is 0 Å². The minimum Gasteiger partial charge on any atom is -0.397 e. The lowest BCUT2D eigenvalue weighted by Crippen LogP contribution is -2.13. The van der Waals surface area contributed by atoms with Crippen LogP contribution in [0.3, 0.4) is 0 Å². The Hall–Kier alpha value is -2.30. The number of anilines is 2. The molecule has 0 radical (unpaired) electrons. The van der Waals surface area contributed by atoms with E-state index in [0.717, 1.165) is 11.3 Å². The zero-order valence-corrected chi connectivity index (χ0v) is 8.82. The van der Waals surface area contributed by atoms with Crippen LogP contribution in [0.25, 0.3) is 0 Å². The van der Waals surface area contributed by atoms with Crippen molar-refractivity contribution < 1.29 is 4.79 Å². The normalized spacial score (nSPS) is 10.1. The highest BCUT2D eigenvalue weighted by molar-refractivity contribution is 6.03. The summed E-state index contributed by atoms with van der Waals surface area (Å²) in [5.41, 5.74) is 8.15. The number of carbonyl (C=O) groups is 1. The monoisotopic (exact) mass is 216 g/mol. The highest BCUT2D eigenvalue weighted by atomic mass is 16.1. The Labute approximate surface area is 92.7 Å². The third-order valence-electron chi connectivity index (χ3n) is 2.22. The number of aromatic nitrogens is 2. The number of nitrogens with zero attached hydrogens (tertiary/aromatic N) is 1. The molecule has 0 spiro atoms. The van der Waals surface area contributed by atoms with Gasteiger partial charge in [0.15, 0.2) is 0 Å². The average Bonchev–Trinajstić information content (AvgIpc) is 2.68. The fourth-order valence-corrected chi connectivity index (χ4v) is 1.35. The van der Waals surface area contributed by atoms with E-state index in [9.17, 15) is 4.79 Å². The highest BCUT2D eigenvalue weighted by Gasteiger charge is 2.08. The average molecular weight is 216 g/mol. The lowest BCUT2D eigenvalue weighted by molar-refractivity contribution is 0.102. The molecule has 2 aromatic heterocycles. The lowest BCUT2D eigenvalue weighted by atomic mass is 10.2. The predicted octanol–water partition coefficient (Wildman–Crippen LogP) is 1.55. The first-order valence-corrected chi connectivity index (χ1v) is 4.82. The second kappa shape index (κ2) is 4.06. The van der Waals surface area contributed by atoms with E-state index in [1.165, 1.54) is 0 Å². The molecule has 0 atom stereocenters. The number of carbonyl (C=O) groups excluding carboxylic acids is 1. The zero-order chi connectivity index (χ0) is 11.5. The van der Waals surface area contributed by atoms with Gasteiger partial charge in [-0.3, -0.25) is 9.78 Å². The van der Waals surface area contributed by atoms with Crippen LogP contribution in [0, 0.1) is 6.92 Å². The van der Waals surface area contributed by atoms with Crippen LogP contribution in [-0.2, 0) is 0 Å². The second-order valence-corrected chi connectivity index (χ2v) is 3.49. The number of hydrogen-bond donors (Lipinski definition) is 3. The van der Waals surface area contributed by atoms with E-state index < -0.39 is 0 Å². The van der Waals surface area contributed by atoms with Gasteiger partial charge >= 0.3 is 0 Å². The zero-order valence-electron chi connectivity index (χ0n) is 8.82. The maximum atomic E-state index is 11.8. The van der Waals surface area contributed by atoms with Crippen molar-refractivity contribution in [3.63, 3.8) is 0 Å². The minimum atomic E-state index is -0.217. The summed E-state index contributed by atoms with van der Waals surface area (Å²) in [6.45, 7) is 1.88. The molecule has 82 valence electrons. The van der Waals surface area contributed by atoms with Gasteiger partial charge in [0.05, 0.1) is 0 Å². The largest absolute Gasteiger partial charge is 0.397 e. The summed E-state index contributed by atoms with van der Waals surface area (Å²) in [6, 6.07) is 3.34. The fourth-order valence-electron chi connectivity index (χ4n) is 1.35. The molecule has 0 aliphatic heterocycles. The van der Waals surface area contributed by atoms with Crippen molar-refractivity contribution in [3.05, 3.63) is 42.0 Å². The molecule has 4 N–H and O–H groups in total. The molecule has 5 heteroatoms. The van der Waals surface area contributed by atoms with E-state index in [0.29, 0.717) is 11.4 Å². The van der Waals surface area contributed by atoms with Gasteiger partial charge < -0.3 is 16.0 Å². The molecule has 0 fully saturated rings. The Bertz CT molecular complexity index is 518. The van der Waals surface area contributed by atoms with Crippen LogP contribution in [0.2, 0.25) is 0 Å². The topological polar surface area (TPSA) is 83.8 Å². The summed E-state index contributed by atoms with van der Waals surface area (Å²) < 4.78 is 0. The van der Waals surface area contributed by atoms with Gasteiger partial charge in [-0.05, 0) is 24.6 Å². The summed E-state index contributed by atoms with van der Waals surface area (Å²) in [6.07, 6.45) is 4.90. The van der Waals surface area contributed by atoms with Crippen LogP contribution in [0.4, 0.5) is 11.4 Å². The molecule has 0 saturated heterocycles. The molecule has 0 aromatic carbocycles. The van der Waals surface area contributed by atoms with Crippen molar-refractivity contribution in [2.45, 2.75) is 6.92 Å². The Morgan fingerprint density at radius 1 is 1.56 bits per heavy atom. The van der Waals surface area contributed by atoms with E-state index >= 15 is 0 Å². The number of pyridine rings is 1. The molecule has 1 amide bonds. The van der Waals surface area contributed by atoms with E-state index in [2.05, 4.69) is 15.3 Å². The number of nitrogen functional groups attached to an aromatic ring is 1. The van der Waals surface area contributed by atoms with Crippen LogP contribution in [-0.4, -0.2) is 15.9 Å². The third kappa shape index (κ3) is 2.03. The number of amides is 1. The number of aromatic amines is 1. The first-order chi connectivity index (χ1) is 7.66. The van der Waals surface area contributed by atoms with E-state index in [-0.39, 0.29) is 5.91 Å². The van der Waals surface area contributed by atoms with Crippen molar-refractivity contribution in [2.24, 2.45) is 0 Å². The summed E-state index contributed by atoms with van der Waals surface area (Å²) in [5.74, 6) is -0.217. The first-order valence-electron chi connectivity index (χ1n) is 4.82. The van der Waals surface area contributed by atoms with Gasteiger partial charge in [0, 0.05) is 30.0 Å². The molecule has 5 nitrogen and oxygen atoms in total. The van der Waals surface area contributed by atoms with Gasteiger partial charge in [-0.15, -0.1) is 0 Å². The molecular weight excluding hydrogens is 204 g/mol. The number of nitrogens with two attached hydrogens (primary N) is 1. The van der Waals surface area contributed by atoms with Gasteiger partial charge in [-0.2, -0.15) is 0 Å². The van der Waals surface area contributed by atoms with E-state index in [1.54, 1.807) is 30.7 Å². The summed E-state index contributed by atoms with van der Waals surface area (Å²) in [5, 5.41) is 2.77. The second-order valence-electron chi connectivity index (χ2n) is 3.49. The van der Waals surface area contributed by atoms with Crippen molar-refractivity contribution in [2.75, 3.05) is 11.1 Å². The number of rotatable bonds is 2. The molecule has 2 heterocycles. The molecular formula is C11H12N4O. The van der Waals surface area contributed by atoms with Crippen LogP contribution < -0.4 is 11.1 Å². The minimum absolute atomic E-state index is 0.217. The highest BCUT2D eigenvalue weighted by Crippen LogP contribution is 2.13. The SMILES string of the molecule is Cc1cnccc1NC(=O)c1cc(N)c[nH]1. The smallest absolute Gasteiger partial charge is 0.272 e. The molecule has 16 heavy (non-hydrogen) atoms. The number of nitrogens with one attached hydrogen (secondary N) is 2. The Kier molecular flexibility index (Phi) is 2.59. The Morgan fingerprint density at radius 3 is 3.00 bits per heavy atom. The van der Waals surface area contributed by atoms with Crippen molar-refractivity contribution in [1.82, 2.24) is 9.97 Å². The molecule has 0 saturated carbocycles. The summed E-state index contributed by atoms with van der Waals surface area (Å²) >= 11 is 0. The van der Waals surface area contributed by atoms with Crippen LogP contribution >= 0.6 is 0 Å². The van der Waals surface area contributed by atoms with Crippen molar-refractivity contribution >= 4 is 17.3 Å². The van der Waals surface area contributed by atoms with E-state index in [1.807, 2.05) is 6.92 Å². The molecule has 0 bridgehead atoms. The fraction of sp³-hybridized carbons (Fsp3) is 0.0909.